The number of rotatable bonds is 4. The van der Waals surface area contributed by atoms with Crippen LogP contribution in [-0.4, -0.2) is 48.4 Å². The average Bonchev–Trinajstić information content (AvgIpc) is 2.43. The average molecular weight is 279 g/mol. The molecule has 0 bridgehead atoms. The van der Waals surface area contributed by atoms with Crippen molar-refractivity contribution in [3.63, 3.8) is 0 Å². The lowest BCUT2D eigenvalue weighted by Crippen LogP contribution is -2.52. The van der Waals surface area contributed by atoms with Gasteiger partial charge in [-0.25, -0.2) is 4.39 Å². The van der Waals surface area contributed by atoms with E-state index < -0.39 is 0 Å². The fraction of sp³-hybridized carbons (Fsp3) is 0.533. The Bertz CT molecular complexity index is 480. The van der Waals surface area contributed by atoms with Gasteiger partial charge in [-0.1, -0.05) is 19.1 Å². The van der Waals surface area contributed by atoms with Gasteiger partial charge in [0.2, 0.25) is 5.91 Å². The van der Waals surface area contributed by atoms with Crippen molar-refractivity contribution >= 4 is 5.91 Å². The molecule has 0 aliphatic carbocycles. The van der Waals surface area contributed by atoms with Crippen LogP contribution in [0.1, 0.15) is 24.9 Å². The molecule has 0 aromatic heterocycles. The highest BCUT2D eigenvalue weighted by Crippen LogP contribution is 2.26. The van der Waals surface area contributed by atoms with E-state index in [4.69, 9.17) is 5.73 Å². The van der Waals surface area contributed by atoms with Gasteiger partial charge in [0.25, 0.3) is 0 Å². The Hall–Kier alpha value is -1.46. The maximum atomic E-state index is 13.5. The van der Waals surface area contributed by atoms with E-state index in [-0.39, 0.29) is 23.8 Å². The molecule has 2 rings (SSSR count). The number of nitrogens with zero attached hydrogens (tertiary/aromatic N) is 2. The molecule has 1 fully saturated rings. The Balaban J connectivity index is 2.26. The summed E-state index contributed by atoms with van der Waals surface area (Å²) in [6.45, 7) is 3.79. The summed E-state index contributed by atoms with van der Waals surface area (Å²) in [5.41, 5.74) is 7.07. The van der Waals surface area contributed by atoms with Gasteiger partial charge in [-0.3, -0.25) is 9.69 Å². The van der Waals surface area contributed by atoms with Gasteiger partial charge in [-0.15, -0.1) is 0 Å². The van der Waals surface area contributed by atoms with Crippen molar-refractivity contribution in [3.8, 4) is 0 Å². The van der Waals surface area contributed by atoms with Gasteiger partial charge in [0.15, 0.2) is 0 Å². The molecule has 110 valence electrons. The number of halogens is 1. The second kappa shape index (κ2) is 6.33. The van der Waals surface area contributed by atoms with Crippen molar-refractivity contribution in [2.24, 2.45) is 5.73 Å². The van der Waals surface area contributed by atoms with Crippen LogP contribution < -0.4 is 5.73 Å². The molecule has 1 aromatic rings. The predicted molar refractivity (Wildman–Crippen MR) is 76.6 cm³/mol. The molecule has 2 atom stereocenters. The summed E-state index contributed by atoms with van der Waals surface area (Å²) < 4.78 is 13.5. The number of likely N-dealkylation sites (N-methyl/N-ethyl adjacent to an activating group) is 1. The van der Waals surface area contributed by atoms with Crippen LogP contribution in [0, 0.1) is 5.82 Å². The third-order valence-electron chi connectivity index (χ3n) is 3.95. The smallest absolute Gasteiger partial charge is 0.236 e. The van der Waals surface area contributed by atoms with Gasteiger partial charge in [0.1, 0.15) is 5.82 Å². The molecule has 2 unspecified atom stereocenters. The van der Waals surface area contributed by atoms with Crippen LogP contribution in [0.4, 0.5) is 4.39 Å². The van der Waals surface area contributed by atoms with Gasteiger partial charge in [-0.05, 0) is 24.1 Å². The number of nitrogens with two attached hydrogens (primary N) is 1. The van der Waals surface area contributed by atoms with Crippen molar-refractivity contribution in [1.82, 2.24) is 9.80 Å². The van der Waals surface area contributed by atoms with E-state index in [1.807, 2.05) is 13.0 Å². The molecule has 1 aromatic carbocycles. The molecule has 4 nitrogen and oxygen atoms in total. The van der Waals surface area contributed by atoms with Gasteiger partial charge >= 0.3 is 0 Å². The van der Waals surface area contributed by atoms with Crippen LogP contribution in [-0.2, 0) is 4.79 Å². The molecule has 1 saturated heterocycles. The lowest BCUT2D eigenvalue weighted by molar-refractivity contribution is -0.135. The Morgan fingerprint density at radius 1 is 1.40 bits per heavy atom. The van der Waals surface area contributed by atoms with E-state index in [2.05, 4.69) is 4.90 Å². The largest absolute Gasteiger partial charge is 0.343 e. The van der Waals surface area contributed by atoms with Gasteiger partial charge in [0, 0.05) is 26.2 Å². The molecular formula is C15H22FN3O. The predicted octanol–water partition coefficient (Wildman–Crippen LogP) is 1.38. The third-order valence-corrected chi connectivity index (χ3v) is 3.95. The Kier molecular flexibility index (Phi) is 4.73. The first-order chi connectivity index (χ1) is 9.52. The van der Waals surface area contributed by atoms with Crippen molar-refractivity contribution in [3.05, 3.63) is 35.6 Å². The zero-order chi connectivity index (χ0) is 14.7. The lowest BCUT2D eigenvalue weighted by atomic mass is 9.95. The molecule has 0 radical (unpaired) electrons. The summed E-state index contributed by atoms with van der Waals surface area (Å²) >= 11 is 0. The van der Waals surface area contributed by atoms with Crippen molar-refractivity contribution in [2.75, 3.05) is 26.7 Å². The van der Waals surface area contributed by atoms with Crippen molar-refractivity contribution in [1.29, 1.82) is 0 Å². The minimum absolute atomic E-state index is 0.0842. The zero-order valence-corrected chi connectivity index (χ0v) is 12.1. The highest BCUT2D eigenvalue weighted by molar-refractivity contribution is 5.78. The molecule has 0 saturated carbocycles. The van der Waals surface area contributed by atoms with E-state index >= 15 is 0 Å². The maximum absolute atomic E-state index is 13.5. The first-order valence-electron chi connectivity index (χ1n) is 7.02. The second-order valence-corrected chi connectivity index (χ2v) is 5.36. The number of carbonyl (C=O) groups excluding carboxylic acids is 1. The summed E-state index contributed by atoms with van der Waals surface area (Å²) in [5, 5.41) is 0. The zero-order valence-electron chi connectivity index (χ0n) is 12.1. The Labute approximate surface area is 119 Å². The highest BCUT2D eigenvalue weighted by atomic mass is 19.1. The lowest BCUT2D eigenvalue weighted by Gasteiger charge is -2.40. The van der Waals surface area contributed by atoms with E-state index in [1.165, 1.54) is 12.1 Å². The van der Waals surface area contributed by atoms with E-state index in [0.717, 1.165) is 18.5 Å². The van der Waals surface area contributed by atoms with Crippen LogP contribution in [0.15, 0.2) is 24.3 Å². The Morgan fingerprint density at radius 3 is 2.75 bits per heavy atom. The summed E-state index contributed by atoms with van der Waals surface area (Å²) in [7, 11) is 1.80. The number of hydrogen-bond acceptors (Lipinski definition) is 3. The first kappa shape index (κ1) is 14.9. The van der Waals surface area contributed by atoms with Crippen LogP contribution in [0.25, 0.3) is 0 Å². The van der Waals surface area contributed by atoms with Crippen molar-refractivity contribution in [2.45, 2.75) is 25.4 Å². The van der Waals surface area contributed by atoms with E-state index in [1.54, 1.807) is 18.0 Å². The van der Waals surface area contributed by atoms with E-state index in [9.17, 15) is 9.18 Å². The SMILES string of the molecule is CCC(N)C(c1cccc(F)c1)N1CCN(C)C(=O)C1. The maximum Gasteiger partial charge on any atom is 0.236 e. The topological polar surface area (TPSA) is 49.6 Å². The third kappa shape index (κ3) is 3.16. The monoisotopic (exact) mass is 279 g/mol. The quantitative estimate of drug-likeness (QED) is 0.906. The summed E-state index contributed by atoms with van der Waals surface area (Å²) in [4.78, 5) is 15.7. The molecule has 1 amide bonds. The molecule has 1 heterocycles. The summed E-state index contributed by atoms with van der Waals surface area (Å²) in [6.07, 6.45) is 0.779. The normalized spacial score (nSPS) is 20.0. The Morgan fingerprint density at radius 2 is 2.15 bits per heavy atom. The van der Waals surface area contributed by atoms with Crippen LogP contribution >= 0.6 is 0 Å². The standard InChI is InChI=1S/C15H22FN3O/c1-3-13(17)15(11-5-4-6-12(16)9-11)19-8-7-18(2)14(20)10-19/h4-6,9,13,15H,3,7-8,10,17H2,1-2H3. The van der Waals surface area contributed by atoms with Crippen molar-refractivity contribution < 1.29 is 9.18 Å². The molecule has 2 N–H and O–H groups in total. The molecule has 5 heteroatoms. The van der Waals surface area contributed by atoms with Gasteiger partial charge in [-0.2, -0.15) is 0 Å². The number of benzene rings is 1. The van der Waals surface area contributed by atoms with Gasteiger partial charge < -0.3 is 10.6 Å². The number of carbonyl (C=O) groups is 1. The van der Waals surface area contributed by atoms with Gasteiger partial charge in [0.05, 0.1) is 12.6 Å². The first-order valence-corrected chi connectivity index (χ1v) is 7.02. The molecule has 1 aliphatic rings. The van der Waals surface area contributed by atoms with Crippen LogP contribution in [0.3, 0.4) is 0 Å². The number of piperazine rings is 1. The highest BCUT2D eigenvalue weighted by Gasteiger charge is 2.31. The minimum Gasteiger partial charge on any atom is -0.343 e. The molecule has 20 heavy (non-hydrogen) atoms. The second-order valence-electron chi connectivity index (χ2n) is 5.36. The summed E-state index contributed by atoms with van der Waals surface area (Å²) in [6, 6.07) is 6.28. The number of amides is 1. The fourth-order valence-corrected chi connectivity index (χ4v) is 2.66. The number of hydrogen-bond donors (Lipinski definition) is 1. The van der Waals surface area contributed by atoms with Crippen LogP contribution in [0.2, 0.25) is 0 Å². The molecule has 1 aliphatic heterocycles. The summed E-state index contributed by atoms with van der Waals surface area (Å²) in [5.74, 6) is -0.183. The molecular weight excluding hydrogens is 257 g/mol. The fourth-order valence-electron chi connectivity index (χ4n) is 2.66. The van der Waals surface area contributed by atoms with E-state index in [0.29, 0.717) is 13.1 Å². The minimum atomic E-state index is -0.267. The molecule has 0 spiro atoms. The van der Waals surface area contributed by atoms with Crippen LogP contribution in [0.5, 0.6) is 0 Å².